The Labute approximate surface area is 197 Å². The van der Waals surface area contributed by atoms with E-state index >= 15 is 0 Å². The van der Waals surface area contributed by atoms with Crippen LogP contribution in [0, 0.1) is 17.1 Å². The van der Waals surface area contributed by atoms with Crippen LogP contribution < -0.4 is 16.0 Å². The highest BCUT2D eigenvalue weighted by molar-refractivity contribution is 6.26. The summed E-state index contributed by atoms with van der Waals surface area (Å²) in [5.74, 6) is -3.66. The molecular weight excluding hydrogens is 447 g/mol. The van der Waals surface area contributed by atoms with Gasteiger partial charge in [-0.2, -0.15) is 0 Å². The second-order valence-corrected chi connectivity index (χ2v) is 7.89. The molecule has 0 aromatic heterocycles. The molecule has 1 aromatic carbocycles. The smallest absolute Gasteiger partial charge is 0.305 e. The summed E-state index contributed by atoms with van der Waals surface area (Å²) in [4.78, 5) is 60.9. The Balaban J connectivity index is 2.94. The Bertz CT molecular complexity index is 888. The average Bonchev–Trinajstić information content (AvgIpc) is 2.82. The molecule has 0 aliphatic carbocycles. The van der Waals surface area contributed by atoms with Crippen molar-refractivity contribution in [2.45, 2.75) is 58.2 Å². The summed E-state index contributed by atoms with van der Waals surface area (Å²) in [7, 11) is 1.20. The molecule has 3 amide bonds. The lowest BCUT2D eigenvalue weighted by Crippen LogP contribution is -2.54. The van der Waals surface area contributed by atoms with Crippen molar-refractivity contribution in [2.75, 3.05) is 7.11 Å². The first-order valence-corrected chi connectivity index (χ1v) is 10.8. The lowest BCUT2D eigenvalue weighted by atomic mass is 10.0. The van der Waals surface area contributed by atoms with Crippen molar-refractivity contribution in [3.63, 3.8) is 0 Å². The zero-order valence-electron chi connectivity index (χ0n) is 19.5. The molecule has 0 radical (unpaired) electrons. The number of hydrogen-bond donors (Lipinski definition) is 4. The van der Waals surface area contributed by atoms with Crippen LogP contribution in [0.15, 0.2) is 24.3 Å². The van der Waals surface area contributed by atoms with Gasteiger partial charge >= 0.3 is 5.97 Å². The van der Waals surface area contributed by atoms with Gasteiger partial charge in [0.25, 0.3) is 0 Å². The van der Waals surface area contributed by atoms with Crippen molar-refractivity contribution >= 4 is 35.7 Å². The molecule has 4 N–H and O–H groups in total. The molecule has 0 unspecified atom stereocenters. The summed E-state index contributed by atoms with van der Waals surface area (Å²) in [6, 6.07) is 3.21. The van der Waals surface area contributed by atoms with Crippen molar-refractivity contribution in [3.8, 4) is 0 Å². The SMILES string of the molecule is COC(=O)CC[C@H](NC(=O)C(C)C)C(=O)N[C@@H](CCC(=O)C=N)C(=O)NCc1ccc(F)cc1. The quantitative estimate of drug-likeness (QED) is 0.231. The van der Waals surface area contributed by atoms with Crippen LogP contribution in [-0.4, -0.2) is 54.9 Å². The second kappa shape index (κ2) is 14.5. The Morgan fingerprint density at radius 1 is 0.941 bits per heavy atom. The van der Waals surface area contributed by atoms with Crippen LogP contribution in [0.25, 0.3) is 0 Å². The number of nitrogens with one attached hydrogen (secondary N) is 4. The van der Waals surface area contributed by atoms with Crippen LogP contribution in [0.3, 0.4) is 0 Å². The molecule has 0 spiro atoms. The zero-order chi connectivity index (χ0) is 25.7. The molecule has 0 fully saturated rings. The highest BCUT2D eigenvalue weighted by Gasteiger charge is 2.28. The number of methoxy groups -OCH3 is 1. The minimum atomic E-state index is -1.14. The molecule has 34 heavy (non-hydrogen) atoms. The van der Waals surface area contributed by atoms with E-state index in [1.165, 1.54) is 31.4 Å². The summed E-state index contributed by atoms with van der Waals surface area (Å²) in [5, 5.41) is 14.7. The number of ether oxygens (including phenoxy) is 1. The summed E-state index contributed by atoms with van der Waals surface area (Å²) in [6.07, 6.45) is 0.180. The van der Waals surface area contributed by atoms with Gasteiger partial charge in [0.05, 0.1) is 13.3 Å². The van der Waals surface area contributed by atoms with Gasteiger partial charge in [0.15, 0.2) is 5.78 Å². The van der Waals surface area contributed by atoms with Crippen molar-refractivity contribution in [1.29, 1.82) is 5.41 Å². The molecule has 0 aliphatic heterocycles. The Hall–Kier alpha value is -3.63. The van der Waals surface area contributed by atoms with Crippen LogP contribution in [0.5, 0.6) is 0 Å². The maximum atomic E-state index is 13.1. The Morgan fingerprint density at radius 2 is 1.50 bits per heavy atom. The fourth-order valence-electron chi connectivity index (χ4n) is 2.79. The lowest BCUT2D eigenvalue weighted by molar-refractivity contribution is -0.141. The fourth-order valence-corrected chi connectivity index (χ4v) is 2.79. The largest absolute Gasteiger partial charge is 0.469 e. The first kappa shape index (κ1) is 28.4. The predicted molar refractivity (Wildman–Crippen MR) is 121 cm³/mol. The normalized spacial score (nSPS) is 12.3. The molecule has 186 valence electrons. The number of hydrogen-bond acceptors (Lipinski definition) is 7. The third-order valence-electron chi connectivity index (χ3n) is 4.88. The van der Waals surface area contributed by atoms with Gasteiger partial charge < -0.3 is 26.1 Å². The van der Waals surface area contributed by atoms with Gasteiger partial charge in [-0.25, -0.2) is 4.39 Å². The zero-order valence-corrected chi connectivity index (χ0v) is 19.5. The van der Waals surface area contributed by atoms with Crippen molar-refractivity contribution < 1.29 is 33.1 Å². The third-order valence-corrected chi connectivity index (χ3v) is 4.88. The van der Waals surface area contributed by atoms with Crippen LogP contribution in [0.1, 0.15) is 45.1 Å². The van der Waals surface area contributed by atoms with Gasteiger partial charge in [-0.05, 0) is 30.5 Å². The summed E-state index contributed by atoms with van der Waals surface area (Å²) < 4.78 is 17.7. The van der Waals surface area contributed by atoms with E-state index < -0.39 is 53.3 Å². The van der Waals surface area contributed by atoms with Gasteiger partial charge in [-0.3, -0.25) is 24.0 Å². The molecule has 0 aliphatic rings. The molecule has 0 saturated carbocycles. The Kier molecular flexibility index (Phi) is 12.1. The van der Waals surface area contributed by atoms with E-state index in [0.717, 1.165) is 0 Å². The Morgan fingerprint density at radius 3 is 2.06 bits per heavy atom. The third kappa shape index (κ3) is 10.3. The molecule has 2 atom stereocenters. The molecule has 1 aromatic rings. The number of benzene rings is 1. The number of carbonyl (C=O) groups excluding carboxylic acids is 5. The van der Waals surface area contributed by atoms with Crippen LogP contribution in [0.4, 0.5) is 4.39 Å². The number of rotatable bonds is 14. The summed E-state index contributed by atoms with van der Waals surface area (Å²) in [6.45, 7) is 3.33. The fraction of sp³-hybridized carbons (Fsp3) is 0.478. The predicted octanol–water partition coefficient (Wildman–Crippen LogP) is 1.02. The maximum Gasteiger partial charge on any atom is 0.305 e. The number of ketones is 1. The number of carbonyl (C=O) groups is 5. The number of amides is 3. The summed E-state index contributed by atoms with van der Waals surface area (Å²) in [5.41, 5.74) is 0.621. The highest BCUT2D eigenvalue weighted by atomic mass is 19.1. The minimum Gasteiger partial charge on any atom is -0.469 e. The molecule has 1 rings (SSSR count). The van der Waals surface area contributed by atoms with Crippen LogP contribution in [0.2, 0.25) is 0 Å². The van der Waals surface area contributed by atoms with Gasteiger partial charge in [-0.15, -0.1) is 0 Å². The molecule has 10 nitrogen and oxygen atoms in total. The lowest BCUT2D eigenvalue weighted by Gasteiger charge is -2.23. The second-order valence-electron chi connectivity index (χ2n) is 7.89. The monoisotopic (exact) mass is 478 g/mol. The van der Waals surface area contributed by atoms with Gasteiger partial charge in [0.2, 0.25) is 17.7 Å². The van der Waals surface area contributed by atoms with E-state index in [1.54, 1.807) is 13.8 Å². The summed E-state index contributed by atoms with van der Waals surface area (Å²) >= 11 is 0. The van der Waals surface area contributed by atoms with Crippen molar-refractivity contribution in [1.82, 2.24) is 16.0 Å². The number of Topliss-reactive ketones (excluding diaryl/α,β-unsaturated/α-hetero) is 1. The molecular formula is C23H31FN4O6. The first-order chi connectivity index (χ1) is 16.1. The molecule has 0 bridgehead atoms. The number of esters is 1. The van der Waals surface area contributed by atoms with Crippen LogP contribution in [-0.2, 0) is 35.3 Å². The number of halogens is 1. The van der Waals surface area contributed by atoms with Gasteiger partial charge in [0.1, 0.15) is 17.9 Å². The van der Waals surface area contributed by atoms with E-state index in [4.69, 9.17) is 5.41 Å². The van der Waals surface area contributed by atoms with E-state index in [0.29, 0.717) is 11.8 Å². The standard InChI is InChI=1S/C23H31FN4O6/c1-14(2)21(31)27-19(10-11-20(30)34-3)23(33)28-18(9-8-17(29)12-25)22(32)26-13-15-4-6-16(24)7-5-15/h4-7,12,14,18-19,25H,8-11,13H2,1-3H3,(H,26,32)(H,27,31)(H,28,33)/t18-,19-/m0/s1. The van der Waals surface area contributed by atoms with E-state index in [-0.39, 0.29) is 32.2 Å². The topological polar surface area (TPSA) is 155 Å². The molecule has 0 heterocycles. The van der Waals surface area contributed by atoms with E-state index in [1.807, 2.05) is 0 Å². The van der Waals surface area contributed by atoms with Crippen LogP contribution >= 0.6 is 0 Å². The highest BCUT2D eigenvalue weighted by Crippen LogP contribution is 2.07. The first-order valence-electron chi connectivity index (χ1n) is 10.8. The maximum absolute atomic E-state index is 13.1. The minimum absolute atomic E-state index is 0.0552. The van der Waals surface area contributed by atoms with E-state index in [9.17, 15) is 28.4 Å². The van der Waals surface area contributed by atoms with E-state index in [2.05, 4.69) is 20.7 Å². The molecule has 11 heteroatoms. The van der Waals surface area contributed by atoms with Gasteiger partial charge in [0, 0.05) is 25.3 Å². The van der Waals surface area contributed by atoms with Gasteiger partial charge in [-0.1, -0.05) is 26.0 Å². The van der Waals surface area contributed by atoms with Crippen molar-refractivity contribution in [3.05, 3.63) is 35.6 Å². The van der Waals surface area contributed by atoms with Crippen molar-refractivity contribution in [2.24, 2.45) is 5.92 Å². The molecule has 0 saturated heterocycles. The average molecular weight is 479 g/mol.